The van der Waals surface area contributed by atoms with Crippen LogP contribution in [0.4, 0.5) is 0 Å². The molecule has 0 aliphatic carbocycles. The van der Waals surface area contributed by atoms with Crippen molar-refractivity contribution in [3.63, 3.8) is 0 Å². The van der Waals surface area contributed by atoms with Gasteiger partial charge in [0, 0.05) is 23.3 Å². The average Bonchev–Trinajstić information content (AvgIpc) is 2.77. The lowest BCUT2D eigenvalue weighted by Gasteiger charge is -2.19. The van der Waals surface area contributed by atoms with Gasteiger partial charge in [-0.25, -0.2) is 0 Å². The van der Waals surface area contributed by atoms with Crippen LogP contribution in [0, 0.1) is 6.92 Å². The number of aryl methyl sites for hydroxylation is 1. The van der Waals surface area contributed by atoms with Gasteiger partial charge in [-0.15, -0.1) is 0 Å². The van der Waals surface area contributed by atoms with Crippen LogP contribution in [0.25, 0.3) is 0 Å². The van der Waals surface area contributed by atoms with Gasteiger partial charge < -0.3 is 5.32 Å². The smallest absolute Gasteiger partial charge is 0.0762 e. The molecule has 0 atom stereocenters. The molecule has 2 aromatic rings. The summed E-state index contributed by atoms with van der Waals surface area (Å²) in [6.45, 7) is 9.97. The summed E-state index contributed by atoms with van der Waals surface area (Å²) < 4.78 is 1.93. The van der Waals surface area contributed by atoms with Crippen molar-refractivity contribution in [2.45, 2.75) is 46.3 Å². The van der Waals surface area contributed by atoms with E-state index in [4.69, 9.17) is 11.6 Å². The minimum atomic E-state index is 0.101. The van der Waals surface area contributed by atoms with Crippen LogP contribution in [0.5, 0.6) is 0 Å². The van der Waals surface area contributed by atoms with E-state index in [1.165, 1.54) is 5.56 Å². The van der Waals surface area contributed by atoms with Crippen LogP contribution in [0.3, 0.4) is 0 Å². The van der Waals surface area contributed by atoms with Gasteiger partial charge in [0.25, 0.3) is 0 Å². The summed E-state index contributed by atoms with van der Waals surface area (Å²) in [5.74, 6) is 0. The number of aromatic nitrogens is 2. The Labute approximate surface area is 126 Å². The molecule has 1 heterocycles. The Morgan fingerprint density at radius 2 is 2.00 bits per heavy atom. The SMILES string of the molecule is Cc1ccc(Cn2ccc(CNC(C)(C)C)n2)c(Cl)c1. The van der Waals surface area contributed by atoms with E-state index in [1.54, 1.807) is 0 Å². The zero-order valence-electron chi connectivity index (χ0n) is 12.6. The molecule has 0 radical (unpaired) electrons. The van der Waals surface area contributed by atoms with Crippen molar-refractivity contribution >= 4 is 11.6 Å². The molecule has 0 amide bonds. The van der Waals surface area contributed by atoms with Crippen molar-refractivity contribution in [2.75, 3.05) is 0 Å². The second-order valence-electron chi connectivity index (χ2n) is 6.20. The number of nitrogens with zero attached hydrogens (tertiary/aromatic N) is 2. The predicted molar refractivity (Wildman–Crippen MR) is 84.1 cm³/mol. The second-order valence-corrected chi connectivity index (χ2v) is 6.61. The maximum atomic E-state index is 6.25. The standard InChI is InChI=1S/C16H22ClN3/c1-12-5-6-13(15(17)9-12)11-20-8-7-14(19-20)10-18-16(2,3)4/h5-9,18H,10-11H2,1-4H3. The van der Waals surface area contributed by atoms with Crippen LogP contribution in [0.2, 0.25) is 5.02 Å². The minimum Gasteiger partial charge on any atom is -0.306 e. The molecule has 4 heteroatoms. The maximum Gasteiger partial charge on any atom is 0.0762 e. The number of halogens is 1. The van der Waals surface area contributed by atoms with E-state index >= 15 is 0 Å². The van der Waals surface area contributed by atoms with Crippen LogP contribution in [-0.2, 0) is 13.1 Å². The van der Waals surface area contributed by atoms with E-state index < -0.39 is 0 Å². The van der Waals surface area contributed by atoms with Crippen LogP contribution in [0.1, 0.15) is 37.6 Å². The van der Waals surface area contributed by atoms with Gasteiger partial charge in [0.05, 0.1) is 12.2 Å². The van der Waals surface area contributed by atoms with E-state index in [-0.39, 0.29) is 5.54 Å². The van der Waals surface area contributed by atoms with Gasteiger partial charge in [0.15, 0.2) is 0 Å². The molecule has 0 bridgehead atoms. The first-order valence-corrected chi connectivity index (χ1v) is 7.24. The highest BCUT2D eigenvalue weighted by Crippen LogP contribution is 2.18. The molecular weight excluding hydrogens is 270 g/mol. The Hall–Kier alpha value is -1.32. The Bertz CT molecular complexity index is 582. The first-order valence-electron chi connectivity index (χ1n) is 6.86. The molecule has 1 aromatic heterocycles. The molecular formula is C16H22ClN3. The highest BCUT2D eigenvalue weighted by Gasteiger charge is 2.10. The minimum absolute atomic E-state index is 0.101. The summed E-state index contributed by atoms with van der Waals surface area (Å²) in [4.78, 5) is 0. The number of hydrogen-bond donors (Lipinski definition) is 1. The quantitative estimate of drug-likeness (QED) is 0.929. The van der Waals surface area contributed by atoms with E-state index in [1.807, 2.05) is 29.9 Å². The third-order valence-corrected chi connectivity index (χ3v) is 3.39. The first-order chi connectivity index (χ1) is 9.33. The van der Waals surface area contributed by atoms with Crippen molar-refractivity contribution in [3.8, 4) is 0 Å². The van der Waals surface area contributed by atoms with Gasteiger partial charge in [-0.1, -0.05) is 23.7 Å². The van der Waals surface area contributed by atoms with Crippen molar-refractivity contribution in [1.82, 2.24) is 15.1 Å². The molecule has 0 saturated carbocycles. The van der Waals surface area contributed by atoms with E-state index in [9.17, 15) is 0 Å². The third kappa shape index (κ3) is 4.36. The molecule has 0 unspecified atom stereocenters. The Morgan fingerprint density at radius 1 is 1.25 bits per heavy atom. The van der Waals surface area contributed by atoms with E-state index in [2.05, 4.69) is 43.3 Å². The highest BCUT2D eigenvalue weighted by atomic mass is 35.5. The molecule has 0 fully saturated rings. The van der Waals surface area contributed by atoms with Gasteiger partial charge in [0.1, 0.15) is 0 Å². The molecule has 3 nitrogen and oxygen atoms in total. The van der Waals surface area contributed by atoms with Gasteiger partial charge in [-0.2, -0.15) is 5.10 Å². The van der Waals surface area contributed by atoms with Crippen LogP contribution in [-0.4, -0.2) is 15.3 Å². The van der Waals surface area contributed by atoms with Crippen molar-refractivity contribution in [2.24, 2.45) is 0 Å². The number of nitrogens with one attached hydrogen (secondary N) is 1. The molecule has 20 heavy (non-hydrogen) atoms. The van der Waals surface area contributed by atoms with Crippen molar-refractivity contribution in [3.05, 3.63) is 52.3 Å². The number of rotatable bonds is 4. The van der Waals surface area contributed by atoms with Gasteiger partial charge in [-0.3, -0.25) is 4.68 Å². The van der Waals surface area contributed by atoms with Crippen LogP contribution < -0.4 is 5.32 Å². The summed E-state index contributed by atoms with van der Waals surface area (Å²) in [5.41, 5.74) is 3.41. The Kier molecular flexibility index (Phi) is 4.51. The lowest BCUT2D eigenvalue weighted by atomic mass is 10.1. The zero-order chi connectivity index (χ0) is 14.8. The molecule has 0 aliphatic rings. The maximum absolute atomic E-state index is 6.25. The average molecular weight is 292 g/mol. The molecule has 1 N–H and O–H groups in total. The fourth-order valence-electron chi connectivity index (χ4n) is 1.90. The summed E-state index contributed by atoms with van der Waals surface area (Å²) in [6.07, 6.45) is 2.00. The molecule has 108 valence electrons. The highest BCUT2D eigenvalue weighted by molar-refractivity contribution is 6.31. The van der Waals surface area contributed by atoms with Crippen LogP contribution >= 0.6 is 11.6 Å². The second kappa shape index (κ2) is 5.98. The van der Waals surface area contributed by atoms with Crippen molar-refractivity contribution in [1.29, 1.82) is 0 Å². The fraction of sp³-hybridized carbons (Fsp3) is 0.438. The molecule has 0 spiro atoms. The van der Waals surface area contributed by atoms with E-state index in [0.717, 1.165) is 22.8 Å². The molecule has 2 rings (SSSR count). The topological polar surface area (TPSA) is 29.9 Å². The summed E-state index contributed by atoms with van der Waals surface area (Å²) in [7, 11) is 0. The summed E-state index contributed by atoms with van der Waals surface area (Å²) in [5, 5.41) is 8.80. The summed E-state index contributed by atoms with van der Waals surface area (Å²) >= 11 is 6.25. The zero-order valence-corrected chi connectivity index (χ0v) is 13.3. The largest absolute Gasteiger partial charge is 0.306 e. The molecule has 0 saturated heterocycles. The van der Waals surface area contributed by atoms with E-state index in [0.29, 0.717) is 6.54 Å². The predicted octanol–water partition coefficient (Wildman–Crippen LogP) is 3.78. The Morgan fingerprint density at radius 3 is 2.65 bits per heavy atom. The third-order valence-electron chi connectivity index (χ3n) is 3.04. The normalized spacial score (nSPS) is 11.8. The molecule has 0 aliphatic heterocycles. The van der Waals surface area contributed by atoms with Gasteiger partial charge in [0.2, 0.25) is 0 Å². The summed E-state index contributed by atoms with van der Waals surface area (Å²) in [6, 6.07) is 8.17. The number of benzene rings is 1. The van der Waals surface area contributed by atoms with Crippen LogP contribution in [0.15, 0.2) is 30.5 Å². The Balaban J connectivity index is 2.02. The number of hydrogen-bond acceptors (Lipinski definition) is 2. The molecule has 1 aromatic carbocycles. The lowest BCUT2D eigenvalue weighted by molar-refractivity contribution is 0.419. The van der Waals surface area contributed by atoms with Crippen molar-refractivity contribution < 1.29 is 0 Å². The monoisotopic (exact) mass is 291 g/mol. The first kappa shape index (κ1) is 15.1. The van der Waals surface area contributed by atoms with Gasteiger partial charge in [-0.05, 0) is 51.0 Å². The fourth-order valence-corrected chi connectivity index (χ4v) is 2.19. The van der Waals surface area contributed by atoms with Gasteiger partial charge >= 0.3 is 0 Å². The lowest BCUT2D eigenvalue weighted by Crippen LogP contribution is -2.35.